The standard InChI is InChI=1S/C11H22N2O4/c1-4-9(10(15)16)12(3)11(17)13(5-2)7-6-8-14/h9,14H,4-8H2,1-3H3,(H,15,16). The molecule has 6 heteroatoms. The van der Waals surface area contributed by atoms with Gasteiger partial charge in [-0.15, -0.1) is 0 Å². The van der Waals surface area contributed by atoms with E-state index in [4.69, 9.17) is 10.2 Å². The van der Waals surface area contributed by atoms with Crippen LogP contribution in [-0.4, -0.2) is 64.8 Å². The SMILES string of the molecule is CCC(C(=O)O)N(C)C(=O)N(CC)CCCO. The zero-order valence-electron chi connectivity index (χ0n) is 10.7. The highest BCUT2D eigenvalue weighted by Gasteiger charge is 2.27. The minimum Gasteiger partial charge on any atom is -0.480 e. The molecule has 0 aromatic carbocycles. The fourth-order valence-electron chi connectivity index (χ4n) is 1.62. The van der Waals surface area contributed by atoms with E-state index in [0.717, 1.165) is 0 Å². The molecule has 0 fully saturated rings. The molecule has 17 heavy (non-hydrogen) atoms. The first-order valence-corrected chi connectivity index (χ1v) is 5.84. The number of aliphatic hydroxyl groups is 1. The second-order valence-corrected chi connectivity index (χ2v) is 3.81. The lowest BCUT2D eigenvalue weighted by Gasteiger charge is -2.30. The number of aliphatic hydroxyl groups excluding tert-OH is 1. The van der Waals surface area contributed by atoms with E-state index >= 15 is 0 Å². The number of carbonyl (C=O) groups is 2. The molecular formula is C11H22N2O4. The molecule has 0 aromatic heterocycles. The van der Waals surface area contributed by atoms with Gasteiger partial charge in [-0.3, -0.25) is 0 Å². The van der Waals surface area contributed by atoms with Crippen LogP contribution in [0.2, 0.25) is 0 Å². The van der Waals surface area contributed by atoms with Gasteiger partial charge in [0.2, 0.25) is 0 Å². The van der Waals surface area contributed by atoms with Gasteiger partial charge in [0.15, 0.2) is 0 Å². The van der Waals surface area contributed by atoms with Gasteiger partial charge < -0.3 is 20.0 Å². The van der Waals surface area contributed by atoms with E-state index in [9.17, 15) is 9.59 Å². The Balaban J connectivity index is 4.58. The molecule has 0 aliphatic heterocycles. The van der Waals surface area contributed by atoms with Crippen molar-refractivity contribution in [1.29, 1.82) is 0 Å². The molecular weight excluding hydrogens is 224 g/mol. The maximum atomic E-state index is 12.0. The van der Waals surface area contributed by atoms with E-state index in [1.165, 1.54) is 16.8 Å². The van der Waals surface area contributed by atoms with Gasteiger partial charge in [0.1, 0.15) is 6.04 Å². The largest absolute Gasteiger partial charge is 0.480 e. The van der Waals surface area contributed by atoms with Crippen LogP contribution in [0.15, 0.2) is 0 Å². The number of aliphatic carboxylic acids is 1. The molecule has 0 bridgehead atoms. The summed E-state index contributed by atoms with van der Waals surface area (Å²) in [6.07, 6.45) is 0.867. The third-order valence-corrected chi connectivity index (χ3v) is 2.68. The van der Waals surface area contributed by atoms with Gasteiger partial charge in [0, 0.05) is 26.7 Å². The summed E-state index contributed by atoms with van der Waals surface area (Å²) in [6.45, 7) is 4.51. The molecule has 0 aliphatic rings. The number of amides is 2. The average Bonchev–Trinajstić information content (AvgIpc) is 2.29. The molecule has 6 nitrogen and oxygen atoms in total. The number of nitrogens with zero attached hydrogens (tertiary/aromatic N) is 2. The maximum absolute atomic E-state index is 12.0. The summed E-state index contributed by atoms with van der Waals surface area (Å²) < 4.78 is 0. The van der Waals surface area contributed by atoms with Crippen LogP contribution in [0.25, 0.3) is 0 Å². The van der Waals surface area contributed by atoms with Crippen molar-refractivity contribution in [1.82, 2.24) is 9.80 Å². The van der Waals surface area contributed by atoms with Crippen molar-refractivity contribution in [2.75, 3.05) is 26.7 Å². The second kappa shape index (κ2) is 7.89. The Bertz CT molecular complexity index is 258. The summed E-state index contributed by atoms with van der Waals surface area (Å²) in [5.74, 6) is -0.999. The number of carboxylic acid groups (broad SMARTS) is 1. The summed E-state index contributed by atoms with van der Waals surface area (Å²) in [4.78, 5) is 25.7. The molecule has 0 aliphatic carbocycles. The number of hydrogen-bond acceptors (Lipinski definition) is 3. The van der Waals surface area contributed by atoms with Crippen molar-refractivity contribution in [3.05, 3.63) is 0 Å². The summed E-state index contributed by atoms with van der Waals surface area (Å²) in [5.41, 5.74) is 0. The smallest absolute Gasteiger partial charge is 0.326 e. The van der Waals surface area contributed by atoms with Crippen LogP contribution in [0.3, 0.4) is 0 Å². The van der Waals surface area contributed by atoms with Crippen molar-refractivity contribution in [2.45, 2.75) is 32.7 Å². The maximum Gasteiger partial charge on any atom is 0.326 e. The van der Waals surface area contributed by atoms with Crippen LogP contribution in [-0.2, 0) is 4.79 Å². The van der Waals surface area contributed by atoms with E-state index in [1.807, 2.05) is 6.92 Å². The van der Waals surface area contributed by atoms with Crippen molar-refractivity contribution < 1.29 is 19.8 Å². The van der Waals surface area contributed by atoms with Crippen LogP contribution in [0.1, 0.15) is 26.7 Å². The van der Waals surface area contributed by atoms with Crippen molar-refractivity contribution in [3.8, 4) is 0 Å². The summed E-state index contributed by atoms with van der Waals surface area (Å²) in [6, 6.07) is -1.11. The number of rotatable bonds is 7. The summed E-state index contributed by atoms with van der Waals surface area (Å²) in [5, 5.41) is 17.7. The highest BCUT2D eigenvalue weighted by molar-refractivity contribution is 5.82. The quantitative estimate of drug-likeness (QED) is 0.689. The summed E-state index contributed by atoms with van der Waals surface area (Å²) in [7, 11) is 1.49. The zero-order chi connectivity index (χ0) is 13.4. The molecule has 0 saturated carbocycles. The van der Waals surface area contributed by atoms with E-state index < -0.39 is 12.0 Å². The van der Waals surface area contributed by atoms with Crippen LogP contribution in [0.4, 0.5) is 4.79 Å². The number of likely N-dealkylation sites (N-methyl/N-ethyl adjacent to an activating group) is 1. The first-order valence-electron chi connectivity index (χ1n) is 5.84. The molecule has 0 heterocycles. The highest BCUT2D eigenvalue weighted by atomic mass is 16.4. The fraction of sp³-hybridized carbons (Fsp3) is 0.818. The molecule has 0 spiro atoms. The van der Waals surface area contributed by atoms with Gasteiger partial charge in [-0.2, -0.15) is 0 Å². The summed E-state index contributed by atoms with van der Waals surface area (Å²) >= 11 is 0. The molecule has 0 rings (SSSR count). The second-order valence-electron chi connectivity index (χ2n) is 3.81. The number of hydrogen-bond donors (Lipinski definition) is 2. The number of carbonyl (C=O) groups excluding carboxylic acids is 1. The monoisotopic (exact) mass is 246 g/mol. The van der Waals surface area contributed by atoms with Gasteiger partial charge in [0.25, 0.3) is 0 Å². The predicted octanol–water partition coefficient (Wildman–Crippen LogP) is 0.606. The van der Waals surface area contributed by atoms with Gasteiger partial charge in [0.05, 0.1) is 0 Å². The van der Waals surface area contributed by atoms with Crippen LogP contribution in [0, 0.1) is 0 Å². The predicted molar refractivity (Wildman–Crippen MR) is 63.8 cm³/mol. The Labute approximate surface area is 102 Å². The number of urea groups is 1. The number of carboxylic acids is 1. The van der Waals surface area contributed by atoms with E-state index in [2.05, 4.69) is 0 Å². The van der Waals surface area contributed by atoms with Gasteiger partial charge in [-0.25, -0.2) is 9.59 Å². The van der Waals surface area contributed by atoms with Crippen molar-refractivity contribution in [3.63, 3.8) is 0 Å². The minimum atomic E-state index is -0.999. The van der Waals surface area contributed by atoms with Crippen LogP contribution in [0.5, 0.6) is 0 Å². The lowest BCUT2D eigenvalue weighted by atomic mass is 10.2. The van der Waals surface area contributed by atoms with Crippen LogP contribution >= 0.6 is 0 Å². The molecule has 1 atom stereocenters. The Kier molecular flexibility index (Phi) is 7.29. The lowest BCUT2D eigenvalue weighted by Crippen LogP contribution is -2.49. The highest BCUT2D eigenvalue weighted by Crippen LogP contribution is 2.07. The van der Waals surface area contributed by atoms with Gasteiger partial charge in [-0.05, 0) is 19.8 Å². The topological polar surface area (TPSA) is 81.1 Å². The normalized spacial score (nSPS) is 12.0. The fourth-order valence-corrected chi connectivity index (χ4v) is 1.62. The van der Waals surface area contributed by atoms with E-state index in [0.29, 0.717) is 25.9 Å². The molecule has 0 aromatic rings. The Morgan fingerprint density at radius 2 is 1.88 bits per heavy atom. The van der Waals surface area contributed by atoms with Crippen molar-refractivity contribution >= 4 is 12.0 Å². The minimum absolute atomic E-state index is 0.0175. The Morgan fingerprint density at radius 3 is 2.24 bits per heavy atom. The molecule has 0 saturated heterocycles. The third-order valence-electron chi connectivity index (χ3n) is 2.68. The average molecular weight is 246 g/mol. The van der Waals surface area contributed by atoms with Crippen molar-refractivity contribution in [2.24, 2.45) is 0 Å². The van der Waals surface area contributed by atoms with Crippen LogP contribution < -0.4 is 0 Å². The first-order chi connectivity index (χ1) is 7.99. The molecule has 1 unspecified atom stereocenters. The zero-order valence-corrected chi connectivity index (χ0v) is 10.7. The van der Waals surface area contributed by atoms with E-state index in [-0.39, 0.29) is 12.6 Å². The van der Waals surface area contributed by atoms with Gasteiger partial charge in [-0.1, -0.05) is 6.92 Å². The Morgan fingerprint density at radius 1 is 1.29 bits per heavy atom. The first kappa shape index (κ1) is 15.7. The van der Waals surface area contributed by atoms with E-state index in [1.54, 1.807) is 6.92 Å². The molecule has 100 valence electrons. The third kappa shape index (κ3) is 4.60. The Hall–Kier alpha value is -1.30. The van der Waals surface area contributed by atoms with Gasteiger partial charge >= 0.3 is 12.0 Å². The molecule has 2 amide bonds. The lowest BCUT2D eigenvalue weighted by molar-refractivity contribution is -0.142. The molecule has 0 radical (unpaired) electrons. The molecule has 2 N–H and O–H groups in total.